The maximum Gasteiger partial charge on any atom is 0.130 e. The van der Waals surface area contributed by atoms with Gasteiger partial charge in [0.05, 0.1) is 19.7 Å². The molecule has 100 valence electrons. The number of benzene rings is 1. The highest BCUT2D eigenvalue weighted by Gasteiger charge is 2.36. The number of rotatable bonds is 8. The van der Waals surface area contributed by atoms with Crippen LogP contribution in [0.15, 0.2) is 30.3 Å². The summed E-state index contributed by atoms with van der Waals surface area (Å²) < 4.78 is 6.67. The number of hydrogen-bond acceptors (Lipinski definition) is 1. The topological polar surface area (TPSA) is 12.5 Å². The highest BCUT2D eigenvalue weighted by atomic mass is 16.6. The smallest absolute Gasteiger partial charge is 0.130 e. The molecule has 1 aromatic rings. The Labute approximate surface area is 111 Å². The highest BCUT2D eigenvalue weighted by Crippen LogP contribution is 2.22. The molecule has 0 aromatic heterocycles. The van der Waals surface area contributed by atoms with Crippen molar-refractivity contribution >= 4 is 0 Å². The zero-order valence-electron chi connectivity index (χ0n) is 11.8. The van der Waals surface area contributed by atoms with Crippen LogP contribution in [0.4, 0.5) is 0 Å². The first-order chi connectivity index (χ1) is 8.78. The summed E-state index contributed by atoms with van der Waals surface area (Å²) in [7, 11) is 0. The molecule has 1 aromatic carbocycles. The molecule has 0 radical (unpaired) electrons. The number of hydrogen-bond donors (Lipinski definition) is 0. The van der Waals surface area contributed by atoms with E-state index in [9.17, 15) is 0 Å². The van der Waals surface area contributed by atoms with Crippen molar-refractivity contribution in [2.45, 2.75) is 39.3 Å². The van der Waals surface area contributed by atoms with Crippen LogP contribution >= 0.6 is 0 Å². The third-order valence-corrected chi connectivity index (χ3v) is 3.75. The monoisotopic (exact) mass is 248 g/mol. The molecule has 0 amide bonds. The summed E-state index contributed by atoms with van der Waals surface area (Å²) >= 11 is 0. The van der Waals surface area contributed by atoms with Crippen molar-refractivity contribution in [1.82, 2.24) is 0 Å². The van der Waals surface area contributed by atoms with Crippen LogP contribution < -0.4 is 0 Å². The van der Waals surface area contributed by atoms with Gasteiger partial charge in [-0.25, -0.2) is 0 Å². The molecule has 1 aliphatic rings. The lowest BCUT2D eigenvalue weighted by Gasteiger charge is -2.38. The molecule has 18 heavy (non-hydrogen) atoms. The van der Waals surface area contributed by atoms with Gasteiger partial charge < -0.3 is 9.22 Å². The van der Waals surface area contributed by atoms with E-state index >= 15 is 0 Å². The van der Waals surface area contributed by atoms with Gasteiger partial charge in [-0.2, -0.15) is 0 Å². The van der Waals surface area contributed by atoms with Crippen LogP contribution in [0.3, 0.4) is 0 Å². The lowest BCUT2D eigenvalue weighted by Crippen LogP contribution is -2.50. The molecule has 1 fully saturated rings. The minimum Gasteiger partial charge on any atom is -0.367 e. The molecule has 1 aliphatic heterocycles. The normalized spacial score (nSPS) is 18.9. The Hall–Kier alpha value is -0.860. The quantitative estimate of drug-likeness (QED) is 0.508. The maximum absolute atomic E-state index is 5.48. The van der Waals surface area contributed by atoms with E-state index in [-0.39, 0.29) is 0 Å². The fraction of sp³-hybridized carbons (Fsp3) is 0.625. The van der Waals surface area contributed by atoms with Crippen LogP contribution in [0.5, 0.6) is 0 Å². The lowest BCUT2D eigenvalue weighted by molar-refractivity contribution is -0.941. The van der Waals surface area contributed by atoms with Gasteiger partial charge in [0.25, 0.3) is 0 Å². The number of nitrogens with zero attached hydrogens (tertiary/aromatic N) is 1. The van der Waals surface area contributed by atoms with Gasteiger partial charge in [-0.3, -0.25) is 0 Å². The van der Waals surface area contributed by atoms with Crippen molar-refractivity contribution in [2.24, 2.45) is 0 Å². The average molecular weight is 248 g/mol. The van der Waals surface area contributed by atoms with Crippen LogP contribution in [-0.4, -0.2) is 36.8 Å². The van der Waals surface area contributed by atoms with Crippen molar-refractivity contribution < 1.29 is 9.22 Å². The molecule has 2 heteroatoms. The van der Waals surface area contributed by atoms with Crippen molar-refractivity contribution in [3.8, 4) is 0 Å². The first-order valence-electron chi connectivity index (χ1n) is 7.28. The SMILES string of the molecule is CCC[N+](CCC)(Cc1ccccc1)CC1CO1. The fourth-order valence-electron chi connectivity index (χ4n) is 3.04. The van der Waals surface area contributed by atoms with E-state index in [1.165, 1.54) is 42.5 Å². The summed E-state index contributed by atoms with van der Waals surface area (Å²) in [5.41, 5.74) is 1.46. The van der Waals surface area contributed by atoms with E-state index in [0.29, 0.717) is 6.10 Å². The van der Waals surface area contributed by atoms with Crippen molar-refractivity contribution in [3.05, 3.63) is 35.9 Å². The van der Waals surface area contributed by atoms with Gasteiger partial charge in [0, 0.05) is 5.56 Å². The Balaban J connectivity index is 2.09. The molecule has 0 N–H and O–H groups in total. The summed E-state index contributed by atoms with van der Waals surface area (Å²) in [6.45, 7) is 10.4. The van der Waals surface area contributed by atoms with Gasteiger partial charge in [-0.15, -0.1) is 0 Å². The van der Waals surface area contributed by atoms with E-state index in [1.807, 2.05) is 0 Å². The van der Waals surface area contributed by atoms with E-state index in [4.69, 9.17) is 4.74 Å². The van der Waals surface area contributed by atoms with Crippen molar-refractivity contribution in [3.63, 3.8) is 0 Å². The Kier molecular flexibility index (Phi) is 4.79. The number of ether oxygens (including phenoxy) is 1. The maximum atomic E-state index is 5.48. The van der Waals surface area contributed by atoms with Crippen LogP contribution in [-0.2, 0) is 11.3 Å². The highest BCUT2D eigenvalue weighted by molar-refractivity contribution is 5.13. The Bertz CT molecular complexity index is 339. The molecule has 1 atom stereocenters. The molecule has 1 unspecified atom stereocenters. The van der Waals surface area contributed by atoms with Crippen LogP contribution in [0, 0.1) is 0 Å². The molecular formula is C16H26NO+. The van der Waals surface area contributed by atoms with Crippen LogP contribution in [0.25, 0.3) is 0 Å². The van der Waals surface area contributed by atoms with Gasteiger partial charge in [-0.05, 0) is 12.8 Å². The Morgan fingerprint density at radius 2 is 1.72 bits per heavy atom. The zero-order valence-corrected chi connectivity index (χ0v) is 11.8. The molecule has 1 saturated heterocycles. The van der Waals surface area contributed by atoms with Gasteiger partial charge in [0.1, 0.15) is 19.2 Å². The predicted molar refractivity (Wildman–Crippen MR) is 75.3 cm³/mol. The summed E-state index contributed by atoms with van der Waals surface area (Å²) in [5, 5.41) is 0. The van der Waals surface area contributed by atoms with Gasteiger partial charge in [0.2, 0.25) is 0 Å². The molecule has 0 saturated carbocycles. The molecule has 0 aliphatic carbocycles. The second kappa shape index (κ2) is 6.35. The van der Waals surface area contributed by atoms with Gasteiger partial charge >= 0.3 is 0 Å². The van der Waals surface area contributed by atoms with E-state index in [1.54, 1.807) is 0 Å². The van der Waals surface area contributed by atoms with E-state index < -0.39 is 0 Å². The van der Waals surface area contributed by atoms with Crippen molar-refractivity contribution in [2.75, 3.05) is 26.2 Å². The average Bonchev–Trinajstić information content (AvgIpc) is 3.15. The molecule has 1 heterocycles. The lowest BCUT2D eigenvalue weighted by atomic mass is 10.1. The van der Waals surface area contributed by atoms with E-state index in [0.717, 1.165) is 13.2 Å². The first kappa shape index (κ1) is 13.6. The first-order valence-corrected chi connectivity index (χ1v) is 7.28. The molecular weight excluding hydrogens is 222 g/mol. The number of epoxide rings is 1. The minimum absolute atomic E-state index is 0.520. The van der Waals surface area contributed by atoms with Crippen LogP contribution in [0.2, 0.25) is 0 Å². The van der Waals surface area contributed by atoms with Gasteiger partial charge in [0.15, 0.2) is 0 Å². The molecule has 2 nitrogen and oxygen atoms in total. The summed E-state index contributed by atoms with van der Waals surface area (Å²) in [4.78, 5) is 0. The zero-order chi connectivity index (χ0) is 12.8. The Morgan fingerprint density at radius 1 is 1.11 bits per heavy atom. The Morgan fingerprint density at radius 3 is 2.22 bits per heavy atom. The third-order valence-electron chi connectivity index (χ3n) is 3.75. The summed E-state index contributed by atoms with van der Waals surface area (Å²) in [6.07, 6.45) is 3.02. The second-order valence-corrected chi connectivity index (χ2v) is 5.57. The summed E-state index contributed by atoms with van der Waals surface area (Å²) in [6, 6.07) is 10.9. The molecule has 2 rings (SSSR count). The van der Waals surface area contributed by atoms with E-state index in [2.05, 4.69) is 44.2 Å². The third kappa shape index (κ3) is 3.82. The molecule has 0 bridgehead atoms. The largest absolute Gasteiger partial charge is 0.367 e. The van der Waals surface area contributed by atoms with Crippen LogP contribution in [0.1, 0.15) is 32.3 Å². The molecule has 0 spiro atoms. The standard InChI is InChI=1S/C16H26NO/c1-3-10-17(11-4-2,13-16-14-18-16)12-15-8-6-5-7-9-15/h5-9,16H,3-4,10-14H2,1-2H3/q+1. The minimum atomic E-state index is 0.520. The fourth-order valence-corrected chi connectivity index (χ4v) is 3.04. The second-order valence-electron chi connectivity index (χ2n) is 5.57. The van der Waals surface area contributed by atoms with Crippen molar-refractivity contribution in [1.29, 1.82) is 0 Å². The predicted octanol–water partition coefficient (Wildman–Crippen LogP) is 3.22. The van der Waals surface area contributed by atoms with Gasteiger partial charge in [-0.1, -0.05) is 44.2 Å². The summed E-state index contributed by atoms with van der Waals surface area (Å²) in [5.74, 6) is 0. The number of quaternary nitrogens is 1.